The molecule has 2 rings (SSSR count). The van der Waals surface area contributed by atoms with Crippen molar-refractivity contribution in [2.24, 2.45) is 0 Å². The van der Waals surface area contributed by atoms with Crippen LogP contribution in [0.2, 0.25) is 25.1 Å². The highest BCUT2D eigenvalue weighted by Gasteiger charge is 2.36. The zero-order chi connectivity index (χ0) is 14.2. The van der Waals surface area contributed by atoms with E-state index in [0.717, 1.165) is 0 Å². The first-order valence-electron chi connectivity index (χ1n) is 7.23. The third-order valence-corrected chi connectivity index (χ3v) is 6.76. The standard InChI is InChI=1S/C17H25BSi/c1-13-11-14(2)17(15(3)12-13)18-10-8-7-9-16(18)19(4,5)6/h7-12,16H,1-6H3. The van der Waals surface area contributed by atoms with Gasteiger partial charge in [-0.1, -0.05) is 72.2 Å². The fraction of sp³-hybridized carbons (Fsp3) is 0.412. The van der Waals surface area contributed by atoms with E-state index in [0.29, 0.717) is 12.2 Å². The summed E-state index contributed by atoms with van der Waals surface area (Å²) in [5, 5.41) is 0. The summed E-state index contributed by atoms with van der Waals surface area (Å²) in [5.74, 6) is 2.41. The second kappa shape index (κ2) is 5.16. The molecule has 0 aliphatic carbocycles. The molecule has 0 radical (unpaired) electrons. The molecule has 0 bridgehead atoms. The van der Waals surface area contributed by atoms with Gasteiger partial charge in [0.05, 0.1) is 0 Å². The summed E-state index contributed by atoms with van der Waals surface area (Å²) in [4.78, 5) is 0. The highest BCUT2D eigenvalue weighted by atomic mass is 28.3. The second-order valence-electron chi connectivity index (χ2n) is 7.00. The van der Waals surface area contributed by atoms with Crippen molar-refractivity contribution < 1.29 is 0 Å². The van der Waals surface area contributed by atoms with Crippen molar-refractivity contribution in [3.8, 4) is 0 Å². The van der Waals surface area contributed by atoms with Gasteiger partial charge in [0.25, 0.3) is 0 Å². The fourth-order valence-corrected chi connectivity index (χ4v) is 5.47. The van der Waals surface area contributed by atoms with Gasteiger partial charge in [0, 0.05) is 8.07 Å². The quantitative estimate of drug-likeness (QED) is 0.704. The molecular formula is C17H25BSi. The number of allylic oxidation sites excluding steroid dienone is 3. The molecule has 1 unspecified atom stereocenters. The van der Waals surface area contributed by atoms with Crippen LogP contribution in [0.1, 0.15) is 16.7 Å². The summed E-state index contributed by atoms with van der Waals surface area (Å²) >= 11 is 0. The Morgan fingerprint density at radius 1 is 0.947 bits per heavy atom. The minimum absolute atomic E-state index is 0.567. The number of hydrogen-bond donors (Lipinski definition) is 0. The summed E-state index contributed by atoms with van der Waals surface area (Å²) < 4.78 is 0. The van der Waals surface area contributed by atoms with Gasteiger partial charge in [-0.25, -0.2) is 0 Å². The Balaban J connectivity index is 2.51. The summed E-state index contributed by atoms with van der Waals surface area (Å²) in [7, 11) is -1.20. The smallest absolute Gasteiger partial charge is 0.110 e. The van der Waals surface area contributed by atoms with E-state index in [1.165, 1.54) is 16.7 Å². The lowest BCUT2D eigenvalue weighted by Crippen LogP contribution is -2.46. The minimum atomic E-state index is -1.20. The van der Waals surface area contributed by atoms with Gasteiger partial charge < -0.3 is 0 Å². The Labute approximate surface area is 119 Å². The highest BCUT2D eigenvalue weighted by Crippen LogP contribution is 2.30. The molecule has 0 saturated heterocycles. The summed E-state index contributed by atoms with van der Waals surface area (Å²) in [5.41, 5.74) is 6.53. The van der Waals surface area contributed by atoms with Crippen LogP contribution in [0.4, 0.5) is 0 Å². The number of benzene rings is 1. The lowest BCUT2D eigenvalue weighted by molar-refractivity contribution is 1.32. The predicted octanol–water partition coefficient (Wildman–Crippen LogP) is 4.23. The van der Waals surface area contributed by atoms with Crippen LogP contribution in [0.25, 0.3) is 0 Å². The first-order valence-corrected chi connectivity index (χ1v) is 10.8. The van der Waals surface area contributed by atoms with Crippen molar-refractivity contribution >= 4 is 20.2 Å². The molecule has 1 aromatic carbocycles. The summed E-state index contributed by atoms with van der Waals surface area (Å²) in [6, 6.07) is 4.66. The maximum atomic E-state index is 2.48. The van der Waals surface area contributed by atoms with Crippen LogP contribution in [-0.2, 0) is 0 Å². The van der Waals surface area contributed by atoms with Gasteiger partial charge in [0.1, 0.15) is 0 Å². The predicted molar refractivity (Wildman–Crippen MR) is 91.4 cm³/mol. The van der Waals surface area contributed by atoms with Gasteiger partial charge >= 0.3 is 0 Å². The molecule has 19 heavy (non-hydrogen) atoms. The first-order chi connectivity index (χ1) is 8.80. The Morgan fingerprint density at radius 3 is 2.05 bits per heavy atom. The molecule has 1 aliphatic rings. The molecule has 1 atom stereocenters. The van der Waals surface area contributed by atoms with E-state index < -0.39 is 8.07 Å². The first kappa shape index (κ1) is 14.4. The Bertz CT molecular complexity index is 512. The fourth-order valence-electron chi connectivity index (χ4n) is 3.43. The number of aryl methyl sites for hydroxylation is 3. The largest absolute Gasteiger partial charge is 0.205 e. The van der Waals surface area contributed by atoms with Crippen molar-refractivity contribution in [1.82, 2.24) is 0 Å². The maximum absolute atomic E-state index is 2.48. The Morgan fingerprint density at radius 2 is 1.53 bits per heavy atom. The number of hydrogen-bond acceptors (Lipinski definition) is 0. The molecule has 0 fully saturated rings. The van der Waals surface area contributed by atoms with E-state index in [-0.39, 0.29) is 0 Å². The maximum Gasteiger partial charge on any atom is 0.205 e. The molecule has 1 aromatic rings. The summed E-state index contributed by atoms with van der Waals surface area (Å²) in [6.07, 6.45) is 6.90. The van der Waals surface area contributed by atoms with Crippen LogP contribution in [0.3, 0.4) is 0 Å². The molecule has 1 aliphatic heterocycles. The minimum Gasteiger partial charge on any atom is -0.110 e. The van der Waals surface area contributed by atoms with Crippen molar-refractivity contribution in [1.29, 1.82) is 0 Å². The molecule has 0 N–H and O–H groups in total. The van der Waals surface area contributed by atoms with Crippen molar-refractivity contribution in [3.05, 3.63) is 53.0 Å². The molecule has 0 aromatic heterocycles. The highest BCUT2D eigenvalue weighted by molar-refractivity contribution is 6.97. The third-order valence-electron chi connectivity index (χ3n) is 4.21. The van der Waals surface area contributed by atoms with Crippen LogP contribution < -0.4 is 5.46 Å². The average molecular weight is 268 g/mol. The van der Waals surface area contributed by atoms with Gasteiger partial charge in [-0.05, 0) is 26.2 Å². The second-order valence-corrected chi connectivity index (χ2v) is 12.4. The molecule has 100 valence electrons. The van der Waals surface area contributed by atoms with Gasteiger partial charge in [-0.15, -0.1) is 5.98 Å². The van der Waals surface area contributed by atoms with Crippen LogP contribution in [0.15, 0.2) is 36.3 Å². The van der Waals surface area contributed by atoms with Crippen LogP contribution in [-0.4, -0.2) is 14.8 Å². The zero-order valence-electron chi connectivity index (χ0n) is 13.1. The normalized spacial score (nSPS) is 19.1. The Hall–Kier alpha value is -1.02. The van der Waals surface area contributed by atoms with E-state index in [1.807, 2.05) is 0 Å². The SMILES string of the molecule is Cc1cc(C)c(B2C=CC=CC2[Si](C)(C)C)c(C)c1. The van der Waals surface area contributed by atoms with Gasteiger partial charge in [-0.2, -0.15) is 0 Å². The third kappa shape index (κ3) is 2.94. The molecule has 0 amide bonds. The van der Waals surface area contributed by atoms with Gasteiger partial charge in [0.2, 0.25) is 6.71 Å². The van der Waals surface area contributed by atoms with Gasteiger partial charge in [-0.3, -0.25) is 0 Å². The average Bonchev–Trinajstić information content (AvgIpc) is 2.26. The van der Waals surface area contributed by atoms with E-state index in [1.54, 1.807) is 5.46 Å². The molecular weight excluding hydrogens is 243 g/mol. The molecule has 0 saturated carbocycles. The molecule has 2 heteroatoms. The van der Waals surface area contributed by atoms with Crippen molar-refractivity contribution in [2.75, 3.05) is 0 Å². The Kier molecular flexibility index (Phi) is 3.91. The zero-order valence-corrected chi connectivity index (χ0v) is 14.1. The summed E-state index contributed by atoms with van der Waals surface area (Å²) in [6.45, 7) is 14.7. The van der Waals surface area contributed by atoms with E-state index >= 15 is 0 Å². The lowest BCUT2D eigenvalue weighted by atomic mass is 9.39. The number of rotatable bonds is 2. The van der Waals surface area contributed by atoms with Crippen LogP contribution >= 0.6 is 0 Å². The van der Waals surface area contributed by atoms with Crippen LogP contribution in [0.5, 0.6) is 0 Å². The van der Waals surface area contributed by atoms with Crippen molar-refractivity contribution in [3.63, 3.8) is 0 Å². The molecule has 0 nitrogen and oxygen atoms in total. The lowest BCUT2D eigenvalue weighted by Gasteiger charge is -2.33. The van der Waals surface area contributed by atoms with Crippen LogP contribution in [0, 0.1) is 20.8 Å². The molecule has 0 spiro atoms. The molecule has 1 heterocycles. The van der Waals surface area contributed by atoms with E-state index in [4.69, 9.17) is 0 Å². The van der Waals surface area contributed by atoms with E-state index in [2.05, 4.69) is 76.7 Å². The van der Waals surface area contributed by atoms with Gasteiger partial charge in [0.15, 0.2) is 0 Å². The topological polar surface area (TPSA) is 0 Å². The van der Waals surface area contributed by atoms with E-state index in [9.17, 15) is 0 Å². The van der Waals surface area contributed by atoms with Crippen molar-refractivity contribution in [2.45, 2.75) is 45.9 Å². The monoisotopic (exact) mass is 268 g/mol.